The van der Waals surface area contributed by atoms with Crippen LogP contribution in [0, 0.1) is 24.2 Å². The number of pyridine rings is 1. The Morgan fingerprint density at radius 3 is 3.00 bits per heavy atom. The van der Waals surface area contributed by atoms with Crippen molar-refractivity contribution in [3.05, 3.63) is 23.7 Å². The van der Waals surface area contributed by atoms with Crippen LogP contribution in [0.4, 0.5) is 0 Å². The van der Waals surface area contributed by atoms with Crippen molar-refractivity contribution in [2.24, 2.45) is 5.92 Å². The van der Waals surface area contributed by atoms with Gasteiger partial charge in [0.15, 0.2) is 5.65 Å². The first kappa shape index (κ1) is 12.5. The number of nitrogens with zero attached hydrogens (tertiary/aromatic N) is 4. The van der Waals surface area contributed by atoms with Crippen molar-refractivity contribution >= 4 is 11.2 Å². The lowest BCUT2D eigenvalue weighted by Gasteiger charge is -2.09. The van der Waals surface area contributed by atoms with E-state index in [0.717, 1.165) is 22.6 Å². The summed E-state index contributed by atoms with van der Waals surface area (Å²) in [6.07, 6.45) is 1.81. The van der Waals surface area contributed by atoms with Crippen LogP contribution in [-0.4, -0.2) is 21.6 Å². The molecular formula is C13H16N4O. The molecule has 0 aliphatic heterocycles. The van der Waals surface area contributed by atoms with Crippen LogP contribution in [0.3, 0.4) is 0 Å². The molecule has 0 spiro atoms. The van der Waals surface area contributed by atoms with E-state index in [1.54, 1.807) is 7.11 Å². The van der Waals surface area contributed by atoms with Gasteiger partial charge in [-0.25, -0.2) is 9.97 Å². The lowest BCUT2D eigenvalue weighted by atomic mass is 10.2. The quantitative estimate of drug-likeness (QED) is 0.825. The molecule has 1 unspecified atom stereocenters. The number of methoxy groups -OCH3 is 1. The highest BCUT2D eigenvalue weighted by Gasteiger charge is 2.14. The fraction of sp³-hybridized carbons (Fsp3) is 0.462. The first-order chi connectivity index (χ1) is 8.65. The van der Waals surface area contributed by atoms with E-state index < -0.39 is 0 Å². The van der Waals surface area contributed by atoms with Gasteiger partial charge in [-0.15, -0.1) is 0 Å². The molecule has 94 valence electrons. The Morgan fingerprint density at radius 1 is 1.56 bits per heavy atom. The van der Waals surface area contributed by atoms with Crippen molar-refractivity contribution < 1.29 is 4.74 Å². The van der Waals surface area contributed by atoms with Gasteiger partial charge in [0.2, 0.25) is 0 Å². The summed E-state index contributed by atoms with van der Waals surface area (Å²) in [5, 5.41) is 8.94. The largest absolute Gasteiger partial charge is 0.377 e. The van der Waals surface area contributed by atoms with Gasteiger partial charge >= 0.3 is 0 Å². The molecule has 5 heteroatoms. The Kier molecular flexibility index (Phi) is 3.58. The molecule has 2 aromatic rings. The second kappa shape index (κ2) is 5.15. The van der Waals surface area contributed by atoms with Crippen LogP contribution in [0.25, 0.3) is 11.2 Å². The van der Waals surface area contributed by atoms with E-state index in [1.165, 1.54) is 0 Å². The highest BCUT2D eigenvalue weighted by atomic mass is 16.5. The van der Waals surface area contributed by atoms with Gasteiger partial charge in [0.1, 0.15) is 17.9 Å². The van der Waals surface area contributed by atoms with E-state index in [0.29, 0.717) is 13.2 Å². The highest BCUT2D eigenvalue weighted by molar-refractivity contribution is 5.72. The zero-order valence-corrected chi connectivity index (χ0v) is 10.8. The summed E-state index contributed by atoms with van der Waals surface area (Å²) in [5.41, 5.74) is 2.74. The Labute approximate surface area is 106 Å². The Bertz CT molecular complexity index is 597. The van der Waals surface area contributed by atoms with Gasteiger partial charge in [0.05, 0.1) is 12.0 Å². The van der Waals surface area contributed by atoms with E-state index in [9.17, 15) is 0 Å². The van der Waals surface area contributed by atoms with Gasteiger partial charge in [0, 0.05) is 19.9 Å². The molecule has 2 heterocycles. The van der Waals surface area contributed by atoms with Gasteiger partial charge < -0.3 is 9.30 Å². The molecule has 1 atom stereocenters. The van der Waals surface area contributed by atoms with Gasteiger partial charge in [-0.05, 0) is 25.5 Å². The fourth-order valence-electron chi connectivity index (χ4n) is 1.90. The third-order valence-corrected chi connectivity index (χ3v) is 2.75. The van der Waals surface area contributed by atoms with Crippen LogP contribution in [0.2, 0.25) is 0 Å². The standard InChI is InChI=1S/C13H16N4O/c1-9-4-11-13(15-6-9)17(7-10(2)5-14)12(16-11)8-18-3/h4,6,10H,7-8H2,1-3H3. The molecule has 0 aliphatic rings. The lowest BCUT2D eigenvalue weighted by Crippen LogP contribution is -2.10. The van der Waals surface area contributed by atoms with E-state index in [-0.39, 0.29) is 5.92 Å². The first-order valence-corrected chi connectivity index (χ1v) is 5.86. The molecule has 0 saturated heterocycles. The number of fused-ring (bicyclic) bond motifs is 1. The minimum absolute atomic E-state index is 0.0823. The van der Waals surface area contributed by atoms with Crippen LogP contribution in [-0.2, 0) is 17.9 Å². The Balaban J connectivity index is 2.52. The van der Waals surface area contributed by atoms with Gasteiger partial charge in [-0.2, -0.15) is 5.26 Å². The molecule has 0 amide bonds. The van der Waals surface area contributed by atoms with E-state index in [2.05, 4.69) is 16.0 Å². The molecule has 0 N–H and O–H groups in total. The van der Waals surface area contributed by atoms with Crippen molar-refractivity contribution in [1.29, 1.82) is 5.26 Å². The van der Waals surface area contributed by atoms with E-state index in [4.69, 9.17) is 10.00 Å². The van der Waals surface area contributed by atoms with Crippen LogP contribution in [0.15, 0.2) is 12.3 Å². The van der Waals surface area contributed by atoms with Crippen molar-refractivity contribution in [2.45, 2.75) is 27.0 Å². The van der Waals surface area contributed by atoms with Gasteiger partial charge in [0.25, 0.3) is 0 Å². The molecular weight excluding hydrogens is 228 g/mol. The third kappa shape index (κ3) is 2.34. The molecule has 18 heavy (non-hydrogen) atoms. The predicted molar refractivity (Wildman–Crippen MR) is 67.8 cm³/mol. The monoisotopic (exact) mass is 244 g/mol. The predicted octanol–water partition coefficient (Wildman–Crippen LogP) is 2.05. The number of aromatic nitrogens is 3. The maximum Gasteiger partial charge on any atom is 0.160 e. The second-order valence-corrected chi connectivity index (χ2v) is 4.46. The molecule has 0 radical (unpaired) electrons. The summed E-state index contributed by atoms with van der Waals surface area (Å²) in [7, 11) is 1.64. The number of ether oxygens (including phenoxy) is 1. The number of rotatable bonds is 4. The lowest BCUT2D eigenvalue weighted by molar-refractivity contribution is 0.174. The number of nitriles is 1. The second-order valence-electron chi connectivity index (χ2n) is 4.46. The molecule has 0 aliphatic carbocycles. The average molecular weight is 244 g/mol. The Hall–Kier alpha value is -1.93. The third-order valence-electron chi connectivity index (χ3n) is 2.75. The minimum atomic E-state index is -0.0823. The molecule has 5 nitrogen and oxygen atoms in total. The van der Waals surface area contributed by atoms with Crippen molar-refractivity contribution in [3.8, 4) is 6.07 Å². The van der Waals surface area contributed by atoms with Crippen molar-refractivity contribution in [2.75, 3.05) is 7.11 Å². The SMILES string of the molecule is COCc1nc2cc(C)cnc2n1CC(C)C#N. The van der Waals surface area contributed by atoms with Crippen LogP contribution in [0.5, 0.6) is 0 Å². The number of aryl methyl sites for hydroxylation is 1. The number of hydrogen-bond donors (Lipinski definition) is 0. The topological polar surface area (TPSA) is 63.7 Å². The maximum absolute atomic E-state index is 8.94. The summed E-state index contributed by atoms with van der Waals surface area (Å²) < 4.78 is 7.11. The molecule has 0 fully saturated rings. The molecule has 2 rings (SSSR count). The van der Waals surface area contributed by atoms with Crippen LogP contribution < -0.4 is 0 Å². The summed E-state index contributed by atoms with van der Waals surface area (Å²) >= 11 is 0. The average Bonchev–Trinajstić information content (AvgIpc) is 2.67. The minimum Gasteiger partial charge on any atom is -0.377 e. The van der Waals surface area contributed by atoms with Crippen LogP contribution in [0.1, 0.15) is 18.3 Å². The molecule has 0 saturated carbocycles. The van der Waals surface area contributed by atoms with E-state index >= 15 is 0 Å². The molecule has 0 bridgehead atoms. The number of hydrogen-bond acceptors (Lipinski definition) is 4. The summed E-state index contributed by atoms with van der Waals surface area (Å²) in [6, 6.07) is 4.23. The normalized spacial score (nSPS) is 12.6. The molecule has 0 aromatic carbocycles. The van der Waals surface area contributed by atoms with E-state index in [1.807, 2.05) is 30.7 Å². The zero-order valence-electron chi connectivity index (χ0n) is 10.8. The van der Waals surface area contributed by atoms with Crippen LogP contribution >= 0.6 is 0 Å². The van der Waals surface area contributed by atoms with Gasteiger partial charge in [-0.1, -0.05) is 0 Å². The van der Waals surface area contributed by atoms with Crippen molar-refractivity contribution in [3.63, 3.8) is 0 Å². The molecule has 2 aromatic heterocycles. The fourth-order valence-corrected chi connectivity index (χ4v) is 1.90. The maximum atomic E-state index is 8.94. The number of imidazole rings is 1. The summed E-state index contributed by atoms with van der Waals surface area (Å²) in [4.78, 5) is 8.92. The Morgan fingerprint density at radius 2 is 2.33 bits per heavy atom. The summed E-state index contributed by atoms with van der Waals surface area (Å²) in [6.45, 7) is 4.88. The zero-order chi connectivity index (χ0) is 13.1. The first-order valence-electron chi connectivity index (χ1n) is 5.86. The smallest absolute Gasteiger partial charge is 0.160 e. The van der Waals surface area contributed by atoms with Crippen molar-refractivity contribution in [1.82, 2.24) is 14.5 Å². The highest BCUT2D eigenvalue weighted by Crippen LogP contribution is 2.17. The summed E-state index contributed by atoms with van der Waals surface area (Å²) in [5.74, 6) is 0.730. The van der Waals surface area contributed by atoms with Gasteiger partial charge in [-0.3, -0.25) is 0 Å².